The summed E-state index contributed by atoms with van der Waals surface area (Å²) in [6.45, 7) is 7.79. The fourth-order valence-electron chi connectivity index (χ4n) is 2.29. The lowest BCUT2D eigenvalue weighted by molar-refractivity contribution is 0.624. The fourth-order valence-corrected chi connectivity index (χ4v) is 3.39. The van der Waals surface area contributed by atoms with Crippen molar-refractivity contribution < 1.29 is 0 Å². The highest BCUT2D eigenvalue weighted by Crippen LogP contribution is 2.29. The van der Waals surface area contributed by atoms with Crippen molar-refractivity contribution in [1.82, 2.24) is 4.98 Å². The van der Waals surface area contributed by atoms with E-state index in [-0.39, 0.29) is 6.04 Å². The monoisotopic (exact) mass is 265 g/mol. The Labute approximate surface area is 114 Å². The third-order valence-corrected chi connectivity index (χ3v) is 5.14. The van der Waals surface area contributed by atoms with Crippen LogP contribution in [0.2, 0.25) is 0 Å². The zero-order valence-electron chi connectivity index (χ0n) is 11.5. The first-order valence-corrected chi connectivity index (χ1v) is 7.78. The van der Waals surface area contributed by atoms with E-state index in [1.165, 1.54) is 11.4 Å². The number of thioether (sulfide) groups is 1. The second kappa shape index (κ2) is 5.93. The topological polar surface area (TPSA) is 42.1 Å². The Hall–Kier alpha value is -0.740. The van der Waals surface area contributed by atoms with Crippen molar-refractivity contribution in [2.24, 2.45) is 5.73 Å². The summed E-state index contributed by atoms with van der Waals surface area (Å²) in [5.41, 5.74) is 8.21. The molecule has 0 radical (unpaired) electrons. The van der Waals surface area contributed by atoms with Gasteiger partial charge in [-0.15, -0.1) is 0 Å². The Bertz CT molecular complexity index is 379. The summed E-state index contributed by atoms with van der Waals surface area (Å²) >= 11 is 2.05. The van der Waals surface area contributed by atoms with Crippen molar-refractivity contribution in [2.75, 3.05) is 17.2 Å². The Morgan fingerprint density at radius 1 is 1.50 bits per heavy atom. The molecule has 2 rings (SSSR count). The Kier molecular flexibility index (Phi) is 4.51. The minimum absolute atomic E-state index is 0.0623. The van der Waals surface area contributed by atoms with Crippen LogP contribution in [0.1, 0.15) is 38.9 Å². The highest BCUT2D eigenvalue weighted by atomic mass is 32.2. The van der Waals surface area contributed by atoms with Crippen LogP contribution in [0.15, 0.2) is 18.3 Å². The van der Waals surface area contributed by atoms with E-state index >= 15 is 0 Å². The fraction of sp³-hybridized carbons (Fsp3) is 0.643. The van der Waals surface area contributed by atoms with Crippen LogP contribution < -0.4 is 10.6 Å². The molecule has 3 nitrogen and oxygen atoms in total. The predicted octanol–water partition coefficient (Wildman–Crippen LogP) is 2.82. The third kappa shape index (κ3) is 2.81. The van der Waals surface area contributed by atoms with Crippen LogP contribution in [-0.2, 0) is 0 Å². The maximum atomic E-state index is 5.99. The molecule has 100 valence electrons. The normalized spacial score (nSPS) is 26.1. The summed E-state index contributed by atoms with van der Waals surface area (Å²) in [4.78, 5) is 6.96. The molecule has 0 bridgehead atoms. The van der Waals surface area contributed by atoms with Crippen molar-refractivity contribution in [2.45, 2.75) is 44.5 Å². The van der Waals surface area contributed by atoms with Gasteiger partial charge < -0.3 is 10.6 Å². The number of nitrogens with zero attached hydrogens (tertiary/aromatic N) is 2. The number of pyridine rings is 1. The predicted molar refractivity (Wildman–Crippen MR) is 80.2 cm³/mol. The molecular weight excluding hydrogens is 242 g/mol. The molecule has 1 aliphatic rings. The lowest BCUT2D eigenvalue weighted by Crippen LogP contribution is -2.44. The molecule has 1 aliphatic heterocycles. The number of nitrogens with two attached hydrogens (primary N) is 1. The van der Waals surface area contributed by atoms with Gasteiger partial charge in [-0.1, -0.05) is 13.8 Å². The number of hydrogen-bond acceptors (Lipinski definition) is 4. The van der Waals surface area contributed by atoms with Gasteiger partial charge in [0.1, 0.15) is 0 Å². The van der Waals surface area contributed by atoms with E-state index in [0.29, 0.717) is 11.3 Å². The average molecular weight is 265 g/mol. The van der Waals surface area contributed by atoms with Gasteiger partial charge in [0.05, 0.1) is 17.6 Å². The van der Waals surface area contributed by atoms with Gasteiger partial charge in [0, 0.05) is 29.6 Å². The van der Waals surface area contributed by atoms with Crippen LogP contribution in [0.3, 0.4) is 0 Å². The molecule has 0 amide bonds. The first-order valence-electron chi connectivity index (χ1n) is 6.73. The minimum Gasteiger partial charge on any atom is -0.366 e. The molecular formula is C14H23N3S. The molecule has 2 N–H and O–H groups in total. The second-order valence-corrected chi connectivity index (χ2v) is 6.45. The molecule has 1 aromatic rings. The van der Waals surface area contributed by atoms with Gasteiger partial charge in [0.2, 0.25) is 0 Å². The molecule has 0 aliphatic carbocycles. The summed E-state index contributed by atoms with van der Waals surface area (Å²) in [6.07, 6.45) is 2.91. The maximum Gasteiger partial charge on any atom is 0.0572 e. The molecule has 2 unspecified atom stereocenters. The molecule has 18 heavy (non-hydrogen) atoms. The molecule has 4 heteroatoms. The summed E-state index contributed by atoms with van der Waals surface area (Å²) in [5, 5.41) is 0.677. The van der Waals surface area contributed by atoms with Crippen LogP contribution in [0.25, 0.3) is 0 Å². The van der Waals surface area contributed by atoms with Gasteiger partial charge >= 0.3 is 0 Å². The minimum atomic E-state index is 0.0623. The van der Waals surface area contributed by atoms with E-state index < -0.39 is 0 Å². The van der Waals surface area contributed by atoms with Crippen molar-refractivity contribution >= 4 is 17.4 Å². The Balaban J connectivity index is 2.13. The Morgan fingerprint density at radius 3 is 2.89 bits per heavy atom. The SMILES string of the molecule is CC[C@@H](N)c1ccc(N2CCSC(C)C2C)cn1. The molecule has 0 aromatic carbocycles. The van der Waals surface area contributed by atoms with Gasteiger partial charge in [-0.3, -0.25) is 4.98 Å². The van der Waals surface area contributed by atoms with E-state index in [1.807, 2.05) is 6.20 Å². The molecule has 0 saturated carbocycles. The Morgan fingerprint density at radius 2 is 2.28 bits per heavy atom. The van der Waals surface area contributed by atoms with E-state index in [4.69, 9.17) is 5.73 Å². The zero-order chi connectivity index (χ0) is 13.1. The number of hydrogen-bond donors (Lipinski definition) is 1. The van der Waals surface area contributed by atoms with E-state index in [1.54, 1.807) is 0 Å². The van der Waals surface area contributed by atoms with Gasteiger partial charge in [-0.2, -0.15) is 11.8 Å². The molecule has 2 heterocycles. The van der Waals surface area contributed by atoms with Gasteiger partial charge in [-0.05, 0) is 25.5 Å². The van der Waals surface area contributed by atoms with E-state index in [9.17, 15) is 0 Å². The number of rotatable bonds is 3. The van der Waals surface area contributed by atoms with Crippen LogP contribution in [0.5, 0.6) is 0 Å². The quantitative estimate of drug-likeness (QED) is 0.912. The van der Waals surface area contributed by atoms with Crippen molar-refractivity contribution in [3.63, 3.8) is 0 Å². The van der Waals surface area contributed by atoms with Crippen molar-refractivity contribution in [3.8, 4) is 0 Å². The van der Waals surface area contributed by atoms with Crippen LogP contribution >= 0.6 is 11.8 Å². The molecule has 3 atom stereocenters. The van der Waals surface area contributed by atoms with E-state index in [2.05, 4.69) is 54.5 Å². The summed E-state index contributed by atoms with van der Waals surface area (Å²) in [7, 11) is 0. The second-order valence-electron chi connectivity index (χ2n) is 4.97. The van der Waals surface area contributed by atoms with E-state index in [0.717, 1.165) is 18.7 Å². The van der Waals surface area contributed by atoms with Crippen LogP contribution in [-0.4, -0.2) is 28.6 Å². The maximum absolute atomic E-state index is 5.99. The van der Waals surface area contributed by atoms with Crippen LogP contribution in [0, 0.1) is 0 Å². The highest BCUT2D eigenvalue weighted by molar-refractivity contribution is 8.00. The average Bonchev–Trinajstić information content (AvgIpc) is 2.41. The van der Waals surface area contributed by atoms with Crippen LogP contribution in [0.4, 0.5) is 5.69 Å². The van der Waals surface area contributed by atoms with Gasteiger partial charge in [0.25, 0.3) is 0 Å². The third-order valence-electron chi connectivity index (χ3n) is 3.81. The van der Waals surface area contributed by atoms with Gasteiger partial charge in [-0.25, -0.2) is 0 Å². The standard InChI is InChI=1S/C14H23N3S/c1-4-13(15)14-6-5-12(9-16-14)17-7-8-18-11(3)10(17)2/h5-6,9-11,13H,4,7-8,15H2,1-3H3/t10?,11?,13-/m1/s1. The van der Waals surface area contributed by atoms with Crippen molar-refractivity contribution in [3.05, 3.63) is 24.0 Å². The first-order chi connectivity index (χ1) is 8.63. The van der Waals surface area contributed by atoms with Gasteiger partial charge in [0.15, 0.2) is 0 Å². The molecule has 1 fully saturated rings. The van der Waals surface area contributed by atoms with Crippen molar-refractivity contribution in [1.29, 1.82) is 0 Å². The molecule has 1 saturated heterocycles. The summed E-state index contributed by atoms with van der Waals surface area (Å²) < 4.78 is 0. The number of anilines is 1. The molecule has 1 aromatic heterocycles. The highest BCUT2D eigenvalue weighted by Gasteiger charge is 2.25. The first kappa shape index (κ1) is 13.7. The lowest BCUT2D eigenvalue weighted by atomic mass is 10.1. The summed E-state index contributed by atoms with van der Waals surface area (Å²) in [5.74, 6) is 1.20. The molecule has 0 spiro atoms. The summed E-state index contributed by atoms with van der Waals surface area (Å²) in [6, 6.07) is 4.86. The number of aromatic nitrogens is 1. The zero-order valence-corrected chi connectivity index (χ0v) is 12.3. The largest absolute Gasteiger partial charge is 0.366 e. The smallest absolute Gasteiger partial charge is 0.0572 e. The lowest BCUT2D eigenvalue weighted by Gasteiger charge is -2.39.